The number of aryl methyl sites for hydroxylation is 2. The second kappa shape index (κ2) is 6.45. The molecule has 0 saturated carbocycles. The van der Waals surface area contributed by atoms with Gasteiger partial charge in [-0.1, -0.05) is 11.2 Å². The van der Waals surface area contributed by atoms with E-state index in [1.165, 1.54) is 16.0 Å². The molecule has 0 N–H and O–H groups in total. The van der Waals surface area contributed by atoms with E-state index in [0.29, 0.717) is 24.6 Å². The Balaban J connectivity index is 1.80. The number of nitrogens with zero attached hydrogens (tertiary/aromatic N) is 5. The Bertz CT molecular complexity index is 1040. The Labute approximate surface area is 156 Å². The molecule has 9 nitrogen and oxygen atoms in total. The van der Waals surface area contributed by atoms with E-state index in [9.17, 15) is 13.2 Å². The van der Waals surface area contributed by atoms with Gasteiger partial charge >= 0.3 is 0 Å². The molecule has 1 aromatic carbocycles. The summed E-state index contributed by atoms with van der Waals surface area (Å²) >= 11 is 0. The van der Waals surface area contributed by atoms with Crippen LogP contribution in [-0.4, -0.2) is 47.5 Å². The maximum Gasteiger partial charge on any atom is 0.286 e. The fourth-order valence-electron chi connectivity index (χ4n) is 3.24. The van der Waals surface area contributed by atoms with Gasteiger partial charge in [-0.2, -0.15) is 10.1 Å². The van der Waals surface area contributed by atoms with Crippen LogP contribution in [0.15, 0.2) is 32.7 Å². The Hall–Kier alpha value is -2.75. The average molecular weight is 389 g/mol. The van der Waals surface area contributed by atoms with Crippen molar-refractivity contribution in [2.24, 2.45) is 5.10 Å². The van der Waals surface area contributed by atoms with Crippen LogP contribution >= 0.6 is 0 Å². The molecule has 0 spiro atoms. The molecule has 0 unspecified atom stereocenters. The molecule has 2 aliphatic heterocycles. The molecular weight excluding hydrogens is 370 g/mol. The molecule has 0 aliphatic carbocycles. The molecule has 27 heavy (non-hydrogen) atoms. The third kappa shape index (κ3) is 3.09. The maximum atomic E-state index is 13.1. The van der Waals surface area contributed by atoms with E-state index in [1.54, 1.807) is 19.1 Å². The van der Waals surface area contributed by atoms with Crippen molar-refractivity contribution in [3.8, 4) is 0 Å². The van der Waals surface area contributed by atoms with Gasteiger partial charge in [0.1, 0.15) is 6.54 Å². The van der Waals surface area contributed by atoms with E-state index in [-0.39, 0.29) is 17.3 Å². The van der Waals surface area contributed by atoms with E-state index in [0.717, 1.165) is 18.4 Å². The Morgan fingerprint density at radius 3 is 2.63 bits per heavy atom. The van der Waals surface area contributed by atoms with E-state index < -0.39 is 20.8 Å². The number of carbonyl (C=O) groups is 1. The third-order valence-corrected chi connectivity index (χ3v) is 6.27. The highest BCUT2D eigenvalue weighted by Gasteiger charge is 2.40. The number of benzene rings is 1. The molecule has 2 aliphatic rings. The average Bonchev–Trinajstić information content (AvgIpc) is 3.28. The summed E-state index contributed by atoms with van der Waals surface area (Å²) in [5.74, 6) is 0.192. The van der Waals surface area contributed by atoms with Crippen molar-refractivity contribution in [3.63, 3.8) is 0 Å². The molecule has 0 bridgehead atoms. The SMILES string of the molecule is Cc1ccc2c(c1)N(Cc1nc(C)no1)N=C(C(=O)N1CCCC1)S2(=O)=O. The molecule has 1 amide bonds. The van der Waals surface area contributed by atoms with Gasteiger partial charge in [0.15, 0.2) is 5.82 Å². The van der Waals surface area contributed by atoms with Crippen LogP contribution in [0.2, 0.25) is 0 Å². The number of sulfone groups is 1. The second-order valence-electron chi connectivity index (χ2n) is 6.67. The molecule has 1 fully saturated rings. The molecule has 1 aromatic heterocycles. The fraction of sp³-hybridized carbons (Fsp3) is 0.412. The lowest BCUT2D eigenvalue weighted by Crippen LogP contribution is -2.42. The first-order chi connectivity index (χ1) is 12.9. The minimum atomic E-state index is -4.01. The van der Waals surface area contributed by atoms with Gasteiger partial charge in [0.2, 0.25) is 20.8 Å². The zero-order valence-electron chi connectivity index (χ0n) is 15.0. The summed E-state index contributed by atoms with van der Waals surface area (Å²) in [5.41, 5.74) is 1.27. The van der Waals surface area contributed by atoms with Gasteiger partial charge in [0.05, 0.1) is 10.6 Å². The van der Waals surface area contributed by atoms with Crippen molar-refractivity contribution in [1.82, 2.24) is 15.0 Å². The van der Waals surface area contributed by atoms with E-state index in [2.05, 4.69) is 15.2 Å². The lowest BCUT2D eigenvalue weighted by Gasteiger charge is -2.27. The number of hydrogen-bond donors (Lipinski definition) is 0. The smallest absolute Gasteiger partial charge is 0.286 e. The van der Waals surface area contributed by atoms with E-state index in [1.807, 2.05) is 6.92 Å². The van der Waals surface area contributed by atoms with Crippen LogP contribution in [0.25, 0.3) is 0 Å². The summed E-state index contributed by atoms with van der Waals surface area (Å²) in [5, 5.41) is 8.94. The number of anilines is 1. The molecule has 1 saturated heterocycles. The maximum absolute atomic E-state index is 13.1. The minimum Gasteiger partial charge on any atom is -0.337 e. The molecular formula is C17H19N5O4S. The van der Waals surface area contributed by atoms with Gasteiger partial charge in [-0.3, -0.25) is 9.80 Å². The van der Waals surface area contributed by atoms with Crippen LogP contribution in [-0.2, 0) is 21.2 Å². The Kier molecular flexibility index (Phi) is 4.22. The lowest BCUT2D eigenvalue weighted by molar-refractivity contribution is -0.122. The summed E-state index contributed by atoms with van der Waals surface area (Å²) in [7, 11) is -4.01. The first-order valence-electron chi connectivity index (χ1n) is 8.66. The molecule has 4 rings (SSSR count). The largest absolute Gasteiger partial charge is 0.337 e. The highest BCUT2D eigenvalue weighted by Crippen LogP contribution is 2.34. The number of amides is 1. The summed E-state index contributed by atoms with van der Waals surface area (Å²) in [6, 6.07) is 4.93. The van der Waals surface area contributed by atoms with Crippen molar-refractivity contribution >= 4 is 26.5 Å². The van der Waals surface area contributed by atoms with Gasteiger partial charge in [-0.05, 0) is 44.4 Å². The van der Waals surface area contributed by atoms with E-state index >= 15 is 0 Å². The van der Waals surface area contributed by atoms with Crippen LogP contribution in [0.4, 0.5) is 5.69 Å². The molecule has 10 heteroatoms. The topological polar surface area (TPSA) is 109 Å². The number of carbonyl (C=O) groups excluding carboxylic acids is 1. The highest BCUT2D eigenvalue weighted by atomic mass is 32.2. The van der Waals surface area contributed by atoms with Gasteiger partial charge in [0.25, 0.3) is 5.91 Å². The second-order valence-corrected chi connectivity index (χ2v) is 8.51. The van der Waals surface area contributed by atoms with Crippen molar-refractivity contribution in [3.05, 3.63) is 35.5 Å². The van der Waals surface area contributed by atoms with Crippen LogP contribution in [0.5, 0.6) is 0 Å². The Morgan fingerprint density at radius 2 is 1.96 bits per heavy atom. The number of fused-ring (bicyclic) bond motifs is 1. The van der Waals surface area contributed by atoms with Crippen molar-refractivity contribution in [1.29, 1.82) is 0 Å². The molecule has 2 aromatic rings. The lowest BCUT2D eigenvalue weighted by atomic mass is 10.2. The van der Waals surface area contributed by atoms with Crippen LogP contribution < -0.4 is 5.01 Å². The third-order valence-electron chi connectivity index (χ3n) is 4.58. The first-order valence-corrected chi connectivity index (χ1v) is 10.1. The van der Waals surface area contributed by atoms with Crippen LogP contribution in [0.1, 0.15) is 30.1 Å². The number of hydrazone groups is 1. The van der Waals surface area contributed by atoms with Crippen molar-refractivity contribution < 1.29 is 17.7 Å². The van der Waals surface area contributed by atoms with Crippen molar-refractivity contribution in [2.45, 2.75) is 38.1 Å². The van der Waals surface area contributed by atoms with E-state index in [4.69, 9.17) is 4.52 Å². The van der Waals surface area contributed by atoms with Gasteiger partial charge in [0, 0.05) is 13.1 Å². The zero-order valence-corrected chi connectivity index (χ0v) is 15.9. The first kappa shape index (κ1) is 17.7. The summed E-state index contributed by atoms with van der Waals surface area (Å²) in [6.45, 7) is 4.70. The minimum absolute atomic E-state index is 0.0573. The van der Waals surface area contributed by atoms with Gasteiger partial charge in [-0.25, -0.2) is 8.42 Å². The van der Waals surface area contributed by atoms with Gasteiger partial charge in [-0.15, -0.1) is 0 Å². The molecule has 3 heterocycles. The quantitative estimate of drug-likeness (QED) is 0.781. The normalized spacial score (nSPS) is 18.4. The monoisotopic (exact) mass is 389 g/mol. The molecule has 0 radical (unpaired) electrons. The molecule has 0 atom stereocenters. The predicted molar refractivity (Wildman–Crippen MR) is 96.8 cm³/mol. The number of likely N-dealkylation sites (tertiary alicyclic amines) is 1. The summed E-state index contributed by atoms with van der Waals surface area (Å²) in [6.07, 6.45) is 1.72. The predicted octanol–water partition coefficient (Wildman–Crippen LogP) is 1.42. The summed E-state index contributed by atoms with van der Waals surface area (Å²) in [4.78, 5) is 18.6. The highest BCUT2D eigenvalue weighted by molar-refractivity contribution is 8.08. The van der Waals surface area contributed by atoms with Gasteiger partial charge < -0.3 is 9.42 Å². The van der Waals surface area contributed by atoms with Crippen molar-refractivity contribution in [2.75, 3.05) is 18.1 Å². The zero-order chi connectivity index (χ0) is 19.2. The number of hydrogen-bond acceptors (Lipinski definition) is 8. The Morgan fingerprint density at radius 1 is 1.22 bits per heavy atom. The number of aromatic nitrogens is 2. The molecule has 142 valence electrons. The fourth-order valence-corrected chi connectivity index (χ4v) is 4.70. The van der Waals surface area contributed by atoms with Crippen LogP contribution in [0, 0.1) is 13.8 Å². The summed E-state index contributed by atoms with van der Waals surface area (Å²) < 4.78 is 31.3. The number of rotatable bonds is 3. The standard InChI is InChI=1S/C17H19N5O4S/c1-11-5-6-14-13(9-11)22(10-15-18-12(2)20-26-15)19-16(27(14,24)25)17(23)21-7-3-4-8-21/h5-6,9H,3-4,7-8,10H2,1-2H3. The van der Waals surface area contributed by atoms with Crippen LogP contribution in [0.3, 0.4) is 0 Å².